The molecule has 1 aromatic carbocycles. The third-order valence-corrected chi connectivity index (χ3v) is 2.96. The molecule has 1 heterocycles. The van der Waals surface area contributed by atoms with Crippen LogP contribution in [0.25, 0.3) is 0 Å². The highest BCUT2D eigenvalue weighted by Crippen LogP contribution is 2.23. The third kappa shape index (κ3) is 3.75. The van der Waals surface area contributed by atoms with Crippen LogP contribution in [0.3, 0.4) is 0 Å². The molecule has 0 aliphatic rings. The summed E-state index contributed by atoms with van der Waals surface area (Å²) in [5, 5.41) is 9.69. The minimum absolute atomic E-state index is 0.251. The van der Waals surface area contributed by atoms with Gasteiger partial charge >= 0.3 is 0 Å². The maximum absolute atomic E-state index is 12.1. The number of carbonyl (C=O) groups excluding carboxylic acids is 1. The lowest BCUT2D eigenvalue weighted by Gasteiger charge is -2.08. The predicted octanol–water partition coefficient (Wildman–Crippen LogP) is 2.60. The summed E-state index contributed by atoms with van der Waals surface area (Å²) in [6.07, 6.45) is 1.92. The number of hydrogen-bond donors (Lipinski definition) is 3. The Labute approximate surface area is 123 Å². The topological polar surface area (TPSA) is 93.0 Å². The van der Waals surface area contributed by atoms with Crippen LogP contribution in [0.1, 0.15) is 36.3 Å². The van der Waals surface area contributed by atoms with Gasteiger partial charge in [0, 0.05) is 17.3 Å². The molecule has 1 aromatic heterocycles. The van der Waals surface area contributed by atoms with E-state index in [0.717, 1.165) is 18.5 Å². The predicted molar refractivity (Wildman–Crippen MR) is 82.6 cm³/mol. The highest BCUT2D eigenvalue weighted by atomic mass is 16.5. The van der Waals surface area contributed by atoms with Crippen molar-refractivity contribution in [3.63, 3.8) is 0 Å². The van der Waals surface area contributed by atoms with Crippen molar-refractivity contribution in [1.82, 2.24) is 10.2 Å². The highest BCUT2D eigenvalue weighted by molar-refractivity contribution is 6.04. The first-order valence-corrected chi connectivity index (χ1v) is 7.02. The molecule has 2 rings (SSSR count). The van der Waals surface area contributed by atoms with E-state index in [4.69, 9.17) is 10.5 Å². The summed E-state index contributed by atoms with van der Waals surface area (Å²) >= 11 is 0. The van der Waals surface area contributed by atoms with Crippen LogP contribution in [0.15, 0.2) is 24.3 Å². The van der Waals surface area contributed by atoms with Crippen molar-refractivity contribution in [1.29, 1.82) is 0 Å². The molecule has 0 spiro atoms. The zero-order valence-electron chi connectivity index (χ0n) is 12.3. The number of aryl methyl sites for hydroxylation is 1. The van der Waals surface area contributed by atoms with Crippen molar-refractivity contribution in [3.05, 3.63) is 35.5 Å². The number of aromatic amines is 1. The van der Waals surface area contributed by atoms with Crippen molar-refractivity contribution in [2.45, 2.75) is 26.7 Å². The number of carbonyl (C=O) groups is 1. The summed E-state index contributed by atoms with van der Waals surface area (Å²) in [5.41, 5.74) is 7.77. The maximum atomic E-state index is 12.1. The van der Waals surface area contributed by atoms with Crippen LogP contribution < -0.4 is 15.8 Å². The molecule has 0 saturated heterocycles. The van der Waals surface area contributed by atoms with E-state index in [9.17, 15) is 4.79 Å². The standard InChI is InChI=1S/C15H20N4O2/c1-3-5-11-9-14(19-18-11)17-15(20)10-6-7-13(21-4-2)12(16)8-10/h6-9H,3-5,16H2,1-2H3,(H2,17,18,19,20). The van der Waals surface area contributed by atoms with Crippen molar-refractivity contribution >= 4 is 17.4 Å². The molecule has 0 saturated carbocycles. The van der Waals surface area contributed by atoms with Crippen LogP contribution in [-0.4, -0.2) is 22.7 Å². The Morgan fingerprint density at radius 2 is 2.19 bits per heavy atom. The van der Waals surface area contributed by atoms with Crippen LogP contribution in [-0.2, 0) is 6.42 Å². The summed E-state index contributed by atoms with van der Waals surface area (Å²) in [6, 6.07) is 6.80. The summed E-state index contributed by atoms with van der Waals surface area (Å²) in [4.78, 5) is 12.1. The summed E-state index contributed by atoms with van der Waals surface area (Å²) < 4.78 is 5.35. The first kappa shape index (κ1) is 14.9. The van der Waals surface area contributed by atoms with Gasteiger partial charge in [0.2, 0.25) is 0 Å². The van der Waals surface area contributed by atoms with Crippen LogP contribution >= 0.6 is 0 Å². The van der Waals surface area contributed by atoms with Gasteiger partial charge in [-0.25, -0.2) is 0 Å². The monoisotopic (exact) mass is 288 g/mol. The number of nitrogens with one attached hydrogen (secondary N) is 2. The second kappa shape index (κ2) is 6.78. The van der Waals surface area contributed by atoms with Gasteiger partial charge < -0.3 is 15.8 Å². The summed E-state index contributed by atoms with van der Waals surface area (Å²) in [7, 11) is 0. The fraction of sp³-hybridized carbons (Fsp3) is 0.333. The van der Waals surface area contributed by atoms with E-state index < -0.39 is 0 Å². The lowest BCUT2D eigenvalue weighted by molar-refractivity contribution is 0.102. The number of nitrogens with zero attached hydrogens (tertiary/aromatic N) is 1. The lowest BCUT2D eigenvalue weighted by atomic mass is 10.1. The van der Waals surface area contributed by atoms with Crippen molar-refractivity contribution in [2.24, 2.45) is 0 Å². The number of anilines is 2. The van der Waals surface area contributed by atoms with Gasteiger partial charge in [-0.15, -0.1) is 0 Å². The van der Waals surface area contributed by atoms with Gasteiger partial charge in [-0.1, -0.05) is 13.3 Å². The van der Waals surface area contributed by atoms with Gasteiger partial charge in [-0.2, -0.15) is 5.10 Å². The molecule has 6 heteroatoms. The van der Waals surface area contributed by atoms with E-state index in [1.165, 1.54) is 0 Å². The Balaban J connectivity index is 2.07. The zero-order chi connectivity index (χ0) is 15.2. The molecular weight excluding hydrogens is 268 g/mol. The Morgan fingerprint density at radius 3 is 2.86 bits per heavy atom. The molecule has 0 aliphatic carbocycles. The Morgan fingerprint density at radius 1 is 1.38 bits per heavy atom. The smallest absolute Gasteiger partial charge is 0.256 e. The van der Waals surface area contributed by atoms with Gasteiger partial charge in [-0.05, 0) is 31.5 Å². The second-order valence-corrected chi connectivity index (χ2v) is 4.67. The molecule has 21 heavy (non-hydrogen) atoms. The number of nitrogens with two attached hydrogens (primary N) is 1. The fourth-order valence-corrected chi connectivity index (χ4v) is 1.99. The number of hydrogen-bond acceptors (Lipinski definition) is 4. The van der Waals surface area contributed by atoms with Crippen LogP contribution in [0.4, 0.5) is 11.5 Å². The Kier molecular flexibility index (Phi) is 4.81. The minimum atomic E-state index is -0.251. The number of aromatic nitrogens is 2. The molecule has 1 amide bonds. The van der Waals surface area contributed by atoms with Crippen molar-refractivity contribution in [2.75, 3.05) is 17.7 Å². The molecule has 112 valence electrons. The van der Waals surface area contributed by atoms with E-state index in [-0.39, 0.29) is 5.91 Å². The number of nitrogen functional groups attached to an aromatic ring is 1. The molecule has 0 unspecified atom stereocenters. The van der Waals surface area contributed by atoms with E-state index >= 15 is 0 Å². The molecule has 2 aromatic rings. The number of amides is 1. The van der Waals surface area contributed by atoms with Crippen molar-refractivity contribution < 1.29 is 9.53 Å². The minimum Gasteiger partial charge on any atom is -0.492 e. The molecular formula is C15H20N4O2. The normalized spacial score (nSPS) is 10.4. The Hall–Kier alpha value is -2.50. The third-order valence-electron chi connectivity index (χ3n) is 2.96. The van der Waals surface area contributed by atoms with Crippen LogP contribution in [0.2, 0.25) is 0 Å². The van der Waals surface area contributed by atoms with Gasteiger partial charge in [-0.3, -0.25) is 9.89 Å². The van der Waals surface area contributed by atoms with Gasteiger partial charge in [0.15, 0.2) is 5.82 Å². The van der Waals surface area contributed by atoms with E-state index in [0.29, 0.717) is 29.4 Å². The number of H-pyrrole nitrogens is 1. The lowest BCUT2D eigenvalue weighted by Crippen LogP contribution is -2.12. The molecule has 4 N–H and O–H groups in total. The van der Waals surface area contributed by atoms with Gasteiger partial charge in [0.25, 0.3) is 5.91 Å². The maximum Gasteiger partial charge on any atom is 0.256 e. The average molecular weight is 288 g/mol. The average Bonchev–Trinajstić information content (AvgIpc) is 2.89. The van der Waals surface area contributed by atoms with Gasteiger partial charge in [0.05, 0.1) is 12.3 Å². The van der Waals surface area contributed by atoms with Crippen LogP contribution in [0, 0.1) is 0 Å². The Bertz CT molecular complexity index is 622. The quantitative estimate of drug-likeness (QED) is 0.712. The summed E-state index contributed by atoms with van der Waals surface area (Å²) in [5.74, 6) is 0.842. The molecule has 6 nitrogen and oxygen atoms in total. The molecule has 0 aliphatic heterocycles. The van der Waals surface area contributed by atoms with Crippen molar-refractivity contribution in [3.8, 4) is 5.75 Å². The zero-order valence-corrected chi connectivity index (χ0v) is 12.3. The van der Waals surface area contributed by atoms with Crippen LogP contribution in [0.5, 0.6) is 5.75 Å². The first-order valence-electron chi connectivity index (χ1n) is 7.02. The number of rotatable bonds is 6. The largest absolute Gasteiger partial charge is 0.492 e. The molecule has 0 bridgehead atoms. The molecule has 0 atom stereocenters. The van der Waals surface area contributed by atoms with E-state index in [1.807, 2.05) is 13.0 Å². The molecule has 0 radical (unpaired) electrons. The highest BCUT2D eigenvalue weighted by Gasteiger charge is 2.11. The molecule has 0 fully saturated rings. The SMILES string of the molecule is CCCc1cc(NC(=O)c2ccc(OCC)c(N)c2)n[nH]1. The fourth-order valence-electron chi connectivity index (χ4n) is 1.99. The van der Waals surface area contributed by atoms with Gasteiger partial charge in [0.1, 0.15) is 5.75 Å². The van der Waals surface area contributed by atoms with E-state index in [1.54, 1.807) is 18.2 Å². The second-order valence-electron chi connectivity index (χ2n) is 4.67. The summed E-state index contributed by atoms with van der Waals surface area (Å²) in [6.45, 7) is 4.50. The van der Waals surface area contributed by atoms with E-state index in [2.05, 4.69) is 22.4 Å². The first-order chi connectivity index (χ1) is 10.1. The number of ether oxygens (including phenoxy) is 1. The number of benzene rings is 1.